The number of carbonyl (C=O) groups is 3. The average Bonchev–Trinajstić information content (AvgIpc) is 3.13. The van der Waals surface area contributed by atoms with Gasteiger partial charge in [0.25, 0.3) is 0 Å². The molecule has 0 radical (unpaired) electrons. The average molecular weight is 688 g/mol. The summed E-state index contributed by atoms with van der Waals surface area (Å²) in [6.07, 6.45) is 10.2. The Labute approximate surface area is 296 Å². The molecule has 11 nitrogen and oxygen atoms in total. The number of nitrogens with zero attached hydrogens (tertiary/aromatic N) is 2. The van der Waals surface area contributed by atoms with E-state index in [1.54, 1.807) is 7.05 Å². The molecular formula is C39H53N5O6. The van der Waals surface area contributed by atoms with Crippen LogP contribution in [0.5, 0.6) is 5.75 Å². The van der Waals surface area contributed by atoms with Crippen LogP contribution in [-0.4, -0.2) is 97.2 Å². The fourth-order valence-corrected chi connectivity index (χ4v) is 4.97. The number of anilines is 1. The summed E-state index contributed by atoms with van der Waals surface area (Å²) in [6, 6.07) is 16.5. The maximum absolute atomic E-state index is 12.3. The molecule has 3 N–H and O–H groups in total. The zero-order chi connectivity index (χ0) is 36.0. The smallest absolute Gasteiger partial charge is 0.220 e. The van der Waals surface area contributed by atoms with E-state index in [4.69, 9.17) is 14.2 Å². The van der Waals surface area contributed by atoms with Crippen LogP contribution in [0.1, 0.15) is 50.2 Å². The molecule has 1 aliphatic rings. The number of hydrogen-bond acceptors (Lipinski definition) is 8. The third kappa shape index (κ3) is 14.8. The van der Waals surface area contributed by atoms with Gasteiger partial charge in [-0.1, -0.05) is 43.3 Å². The Morgan fingerprint density at radius 2 is 1.20 bits per heavy atom. The molecule has 0 saturated carbocycles. The second-order valence-corrected chi connectivity index (χ2v) is 11.8. The quantitative estimate of drug-likeness (QED) is 0.156. The maximum atomic E-state index is 12.3. The SMILES string of the molecule is CCCOCCOCCNC(=O)CCC(=O)NCCNC(=O)CCCOc1ccc(C(=C2C=CC(=NC)C=C2)c2ccc(N(C)C)cc2)cc1. The zero-order valence-corrected chi connectivity index (χ0v) is 30.0. The maximum Gasteiger partial charge on any atom is 0.220 e. The van der Waals surface area contributed by atoms with Crippen LogP contribution in [0.25, 0.3) is 5.57 Å². The largest absolute Gasteiger partial charge is 0.494 e. The fraction of sp³-hybridized carbons (Fsp3) is 0.436. The lowest BCUT2D eigenvalue weighted by Crippen LogP contribution is -2.35. The molecule has 3 rings (SSSR count). The van der Waals surface area contributed by atoms with Gasteiger partial charge in [0.2, 0.25) is 17.7 Å². The van der Waals surface area contributed by atoms with Gasteiger partial charge in [0.15, 0.2) is 0 Å². The summed E-state index contributed by atoms with van der Waals surface area (Å²) in [5.74, 6) is 0.170. The van der Waals surface area contributed by atoms with Gasteiger partial charge in [0.1, 0.15) is 5.75 Å². The summed E-state index contributed by atoms with van der Waals surface area (Å²) in [6.45, 7) is 5.56. The highest BCUT2D eigenvalue weighted by molar-refractivity contribution is 6.07. The number of allylic oxidation sites excluding steroid dienone is 5. The molecule has 0 bridgehead atoms. The van der Waals surface area contributed by atoms with Crippen molar-refractivity contribution < 1.29 is 28.6 Å². The number of rotatable bonds is 22. The fourth-order valence-electron chi connectivity index (χ4n) is 4.97. The molecule has 270 valence electrons. The molecule has 1 aliphatic carbocycles. The minimum atomic E-state index is -0.240. The minimum Gasteiger partial charge on any atom is -0.494 e. The normalized spacial score (nSPS) is 12.0. The topological polar surface area (TPSA) is 131 Å². The molecule has 0 atom stereocenters. The number of nitrogens with one attached hydrogen (secondary N) is 3. The molecule has 0 spiro atoms. The Morgan fingerprint density at radius 1 is 0.660 bits per heavy atom. The number of amides is 3. The second-order valence-electron chi connectivity index (χ2n) is 11.8. The number of benzene rings is 2. The van der Waals surface area contributed by atoms with Crippen molar-refractivity contribution in [2.75, 3.05) is 78.7 Å². The predicted molar refractivity (Wildman–Crippen MR) is 200 cm³/mol. The highest BCUT2D eigenvalue weighted by atomic mass is 16.5. The molecule has 50 heavy (non-hydrogen) atoms. The molecule has 0 unspecified atom stereocenters. The van der Waals surface area contributed by atoms with Gasteiger partial charge in [0.05, 0.1) is 32.1 Å². The van der Waals surface area contributed by atoms with Crippen molar-refractivity contribution in [1.29, 1.82) is 0 Å². The Bertz CT molecular complexity index is 1460. The molecular weight excluding hydrogens is 634 g/mol. The minimum absolute atomic E-state index is 0.0790. The van der Waals surface area contributed by atoms with Crippen LogP contribution in [0.2, 0.25) is 0 Å². The third-order valence-electron chi connectivity index (χ3n) is 7.68. The van der Waals surface area contributed by atoms with Crippen LogP contribution in [-0.2, 0) is 23.9 Å². The van der Waals surface area contributed by atoms with Gasteiger partial charge in [-0.15, -0.1) is 0 Å². The van der Waals surface area contributed by atoms with Crippen LogP contribution in [0.4, 0.5) is 5.69 Å². The third-order valence-corrected chi connectivity index (χ3v) is 7.68. The summed E-state index contributed by atoms with van der Waals surface area (Å²) in [4.78, 5) is 42.5. The molecule has 0 fully saturated rings. The molecule has 0 aromatic heterocycles. The molecule has 2 aromatic carbocycles. The van der Waals surface area contributed by atoms with Crippen molar-refractivity contribution in [2.45, 2.75) is 39.0 Å². The van der Waals surface area contributed by atoms with Crippen LogP contribution in [0.15, 0.2) is 83.4 Å². The first-order valence-corrected chi connectivity index (χ1v) is 17.3. The molecule has 0 aliphatic heterocycles. The van der Waals surface area contributed by atoms with Gasteiger partial charge in [-0.05, 0) is 71.5 Å². The van der Waals surface area contributed by atoms with Gasteiger partial charge in [0, 0.05) is 72.3 Å². The number of aliphatic imine (C=N–C) groups is 1. The van der Waals surface area contributed by atoms with Gasteiger partial charge >= 0.3 is 0 Å². The molecule has 2 aromatic rings. The molecule has 3 amide bonds. The lowest BCUT2D eigenvalue weighted by atomic mass is 9.90. The Hall–Kier alpha value is -4.74. The number of carbonyl (C=O) groups excluding carboxylic acids is 3. The summed E-state index contributed by atoms with van der Waals surface area (Å²) in [5.41, 5.74) is 6.45. The van der Waals surface area contributed by atoms with Gasteiger partial charge < -0.3 is 35.1 Å². The molecule has 0 heterocycles. The van der Waals surface area contributed by atoms with Crippen LogP contribution < -0.4 is 25.6 Å². The van der Waals surface area contributed by atoms with E-state index in [1.807, 2.05) is 45.3 Å². The highest BCUT2D eigenvalue weighted by Gasteiger charge is 2.13. The van der Waals surface area contributed by atoms with E-state index in [-0.39, 0.29) is 30.6 Å². The van der Waals surface area contributed by atoms with Gasteiger partial charge in [-0.2, -0.15) is 0 Å². The van der Waals surface area contributed by atoms with E-state index in [9.17, 15) is 14.4 Å². The van der Waals surface area contributed by atoms with E-state index in [0.29, 0.717) is 65.5 Å². The van der Waals surface area contributed by atoms with E-state index < -0.39 is 0 Å². The summed E-state index contributed by atoms with van der Waals surface area (Å²) >= 11 is 0. The second kappa shape index (κ2) is 22.8. The van der Waals surface area contributed by atoms with E-state index in [0.717, 1.165) is 45.8 Å². The Kier molecular flexibility index (Phi) is 18.1. The lowest BCUT2D eigenvalue weighted by molar-refractivity contribution is -0.126. The highest BCUT2D eigenvalue weighted by Crippen LogP contribution is 2.32. The van der Waals surface area contributed by atoms with E-state index in [1.165, 1.54) is 0 Å². The van der Waals surface area contributed by atoms with Crippen molar-refractivity contribution in [1.82, 2.24) is 16.0 Å². The Morgan fingerprint density at radius 3 is 1.76 bits per heavy atom. The Balaban J connectivity index is 1.33. The van der Waals surface area contributed by atoms with Crippen LogP contribution in [0, 0.1) is 0 Å². The summed E-state index contributed by atoms with van der Waals surface area (Å²) in [5, 5.41) is 8.25. The predicted octanol–water partition coefficient (Wildman–Crippen LogP) is 4.48. The molecule has 0 saturated heterocycles. The first kappa shape index (κ1) is 39.7. The summed E-state index contributed by atoms with van der Waals surface area (Å²) in [7, 11) is 5.84. The lowest BCUT2D eigenvalue weighted by Gasteiger charge is -2.17. The van der Waals surface area contributed by atoms with Crippen molar-refractivity contribution in [3.05, 3.63) is 89.5 Å². The monoisotopic (exact) mass is 687 g/mol. The van der Waals surface area contributed by atoms with Crippen molar-refractivity contribution >= 4 is 34.7 Å². The number of ether oxygens (including phenoxy) is 3. The van der Waals surface area contributed by atoms with Crippen molar-refractivity contribution in [2.24, 2.45) is 4.99 Å². The standard InChI is InChI=1S/C39H53N5O6/c1-5-25-48-28-29-49-27-24-43-38(47)21-20-37(46)42-23-22-41-36(45)7-6-26-50-35-18-12-32(13-19-35)39(30-8-14-33(40-2)15-9-30)31-10-16-34(17-11-31)44(3)4/h8-19H,5-7,20-29H2,1-4H3,(H,41,45)(H,42,46)(H,43,47). The van der Waals surface area contributed by atoms with E-state index in [2.05, 4.69) is 74.4 Å². The van der Waals surface area contributed by atoms with Crippen LogP contribution >= 0.6 is 0 Å². The first-order valence-electron chi connectivity index (χ1n) is 17.3. The molecule has 11 heteroatoms. The number of hydrogen-bond donors (Lipinski definition) is 3. The first-order chi connectivity index (χ1) is 24.3. The van der Waals surface area contributed by atoms with Gasteiger partial charge in [-0.3, -0.25) is 19.4 Å². The van der Waals surface area contributed by atoms with E-state index >= 15 is 0 Å². The summed E-state index contributed by atoms with van der Waals surface area (Å²) < 4.78 is 16.6. The van der Waals surface area contributed by atoms with Gasteiger partial charge in [-0.25, -0.2) is 0 Å². The van der Waals surface area contributed by atoms with Crippen molar-refractivity contribution in [3.8, 4) is 5.75 Å². The zero-order valence-electron chi connectivity index (χ0n) is 30.0. The van der Waals surface area contributed by atoms with Crippen LogP contribution in [0.3, 0.4) is 0 Å². The van der Waals surface area contributed by atoms with Crippen molar-refractivity contribution in [3.63, 3.8) is 0 Å².